The van der Waals surface area contributed by atoms with Crippen molar-refractivity contribution in [3.63, 3.8) is 0 Å². The first-order chi connectivity index (χ1) is 7.66. The SMILES string of the molecule is Cc1ccnc(NC2CCC(=O)NC2)c1N. The summed E-state index contributed by atoms with van der Waals surface area (Å²) in [6.07, 6.45) is 3.11. The molecule has 1 aromatic heterocycles. The minimum absolute atomic E-state index is 0.114. The number of nitrogens with two attached hydrogens (primary N) is 1. The van der Waals surface area contributed by atoms with Gasteiger partial charge in [-0.15, -0.1) is 0 Å². The van der Waals surface area contributed by atoms with Gasteiger partial charge >= 0.3 is 0 Å². The van der Waals surface area contributed by atoms with E-state index in [1.807, 2.05) is 13.0 Å². The van der Waals surface area contributed by atoms with Crippen molar-refractivity contribution in [3.05, 3.63) is 17.8 Å². The van der Waals surface area contributed by atoms with E-state index in [-0.39, 0.29) is 11.9 Å². The molecule has 1 aromatic rings. The Labute approximate surface area is 94.4 Å². The molecule has 2 rings (SSSR count). The second-order valence-electron chi connectivity index (χ2n) is 4.07. The lowest BCUT2D eigenvalue weighted by Gasteiger charge is -2.24. The Morgan fingerprint density at radius 3 is 3.12 bits per heavy atom. The van der Waals surface area contributed by atoms with Gasteiger partial charge in [0.25, 0.3) is 0 Å². The standard InChI is InChI=1S/C11H16N4O/c1-7-4-5-13-11(10(7)12)15-8-2-3-9(16)14-6-8/h4-5,8H,2-3,6,12H2,1H3,(H,13,15)(H,14,16). The largest absolute Gasteiger partial charge is 0.396 e. The van der Waals surface area contributed by atoms with Crippen LogP contribution in [-0.2, 0) is 4.79 Å². The molecule has 16 heavy (non-hydrogen) atoms. The zero-order valence-electron chi connectivity index (χ0n) is 9.29. The number of hydrogen-bond donors (Lipinski definition) is 3. The van der Waals surface area contributed by atoms with Crippen LogP contribution in [0, 0.1) is 6.92 Å². The number of amides is 1. The van der Waals surface area contributed by atoms with Crippen molar-refractivity contribution in [2.75, 3.05) is 17.6 Å². The van der Waals surface area contributed by atoms with E-state index in [1.165, 1.54) is 0 Å². The number of piperidine rings is 1. The molecule has 0 saturated carbocycles. The molecule has 1 aliphatic rings. The van der Waals surface area contributed by atoms with Crippen LogP contribution in [-0.4, -0.2) is 23.5 Å². The number of nitrogen functional groups attached to an aromatic ring is 1. The highest BCUT2D eigenvalue weighted by atomic mass is 16.1. The van der Waals surface area contributed by atoms with Crippen LogP contribution in [0.25, 0.3) is 0 Å². The second-order valence-corrected chi connectivity index (χ2v) is 4.07. The third-order valence-corrected chi connectivity index (χ3v) is 2.81. The van der Waals surface area contributed by atoms with Gasteiger partial charge in [-0.1, -0.05) is 0 Å². The first kappa shape index (κ1) is 10.7. The molecule has 0 radical (unpaired) electrons. The lowest BCUT2D eigenvalue weighted by Crippen LogP contribution is -2.42. The average Bonchev–Trinajstić information content (AvgIpc) is 2.28. The number of carbonyl (C=O) groups is 1. The number of rotatable bonds is 2. The first-order valence-corrected chi connectivity index (χ1v) is 5.41. The maximum Gasteiger partial charge on any atom is 0.220 e. The Morgan fingerprint density at radius 2 is 2.44 bits per heavy atom. The van der Waals surface area contributed by atoms with Gasteiger partial charge in [0.2, 0.25) is 5.91 Å². The molecule has 1 atom stereocenters. The summed E-state index contributed by atoms with van der Waals surface area (Å²) in [5, 5.41) is 6.08. The molecule has 0 aliphatic carbocycles. The van der Waals surface area contributed by atoms with Crippen LogP contribution in [0.4, 0.5) is 11.5 Å². The molecule has 2 heterocycles. The molecule has 0 spiro atoms. The Kier molecular flexibility index (Phi) is 2.94. The molecular formula is C11H16N4O. The summed E-state index contributed by atoms with van der Waals surface area (Å²) >= 11 is 0. The van der Waals surface area contributed by atoms with E-state index >= 15 is 0 Å². The van der Waals surface area contributed by atoms with Gasteiger partial charge in [0.15, 0.2) is 0 Å². The molecule has 86 valence electrons. The van der Waals surface area contributed by atoms with Crippen LogP contribution in [0.5, 0.6) is 0 Å². The van der Waals surface area contributed by atoms with Crippen molar-refractivity contribution in [2.24, 2.45) is 0 Å². The fraction of sp³-hybridized carbons (Fsp3) is 0.455. The van der Waals surface area contributed by atoms with E-state index in [2.05, 4.69) is 15.6 Å². The van der Waals surface area contributed by atoms with E-state index < -0.39 is 0 Å². The highest BCUT2D eigenvalue weighted by molar-refractivity contribution is 5.77. The summed E-state index contributed by atoms with van der Waals surface area (Å²) in [5.41, 5.74) is 7.61. The topological polar surface area (TPSA) is 80.0 Å². The van der Waals surface area contributed by atoms with E-state index in [4.69, 9.17) is 5.73 Å². The molecule has 1 aliphatic heterocycles. The van der Waals surface area contributed by atoms with Crippen molar-refractivity contribution >= 4 is 17.4 Å². The molecule has 4 N–H and O–H groups in total. The van der Waals surface area contributed by atoms with Crippen LogP contribution >= 0.6 is 0 Å². The van der Waals surface area contributed by atoms with Gasteiger partial charge in [-0.05, 0) is 25.0 Å². The number of anilines is 2. The number of nitrogens with zero attached hydrogens (tertiary/aromatic N) is 1. The maximum atomic E-state index is 11.0. The summed E-state index contributed by atoms with van der Waals surface area (Å²) in [4.78, 5) is 15.2. The zero-order valence-corrected chi connectivity index (χ0v) is 9.29. The fourth-order valence-electron chi connectivity index (χ4n) is 1.73. The Morgan fingerprint density at radius 1 is 1.62 bits per heavy atom. The number of pyridine rings is 1. The smallest absolute Gasteiger partial charge is 0.220 e. The monoisotopic (exact) mass is 220 g/mol. The van der Waals surface area contributed by atoms with Crippen LogP contribution in [0.1, 0.15) is 18.4 Å². The van der Waals surface area contributed by atoms with Crippen molar-refractivity contribution < 1.29 is 4.79 Å². The van der Waals surface area contributed by atoms with Gasteiger partial charge in [-0.25, -0.2) is 4.98 Å². The third-order valence-electron chi connectivity index (χ3n) is 2.81. The van der Waals surface area contributed by atoms with E-state index in [0.717, 1.165) is 12.0 Å². The fourth-order valence-corrected chi connectivity index (χ4v) is 1.73. The van der Waals surface area contributed by atoms with Gasteiger partial charge in [-0.2, -0.15) is 0 Å². The average molecular weight is 220 g/mol. The van der Waals surface area contributed by atoms with Gasteiger partial charge in [0.05, 0.1) is 5.69 Å². The molecule has 1 fully saturated rings. The molecule has 5 nitrogen and oxygen atoms in total. The Bertz CT molecular complexity index is 395. The summed E-state index contributed by atoms with van der Waals surface area (Å²) < 4.78 is 0. The van der Waals surface area contributed by atoms with E-state index in [1.54, 1.807) is 6.20 Å². The van der Waals surface area contributed by atoms with Crippen LogP contribution in [0.2, 0.25) is 0 Å². The predicted molar refractivity (Wildman–Crippen MR) is 63.0 cm³/mol. The molecular weight excluding hydrogens is 204 g/mol. The quantitative estimate of drug-likeness (QED) is 0.684. The Hall–Kier alpha value is -1.78. The van der Waals surface area contributed by atoms with Crippen molar-refractivity contribution in [1.29, 1.82) is 0 Å². The summed E-state index contributed by atoms with van der Waals surface area (Å²) in [5.74, 6) is 0.823. The number of aromatic nitrogens is 1. The summed E-state index contributed by atoms with van der Waals surface area (Å²) in [7, 11) is 0. The second kappa shape index (κ2) is 4.38. The first-order valence-electron chi connectivity index (χ1n) is 5.41. The normalized spacial score (nSPS) is 20.3. The van der Waals surface area contributed by atoms with Crippen molar-refractivity contribution in [2.45, 2.75) is 25.8 Å². The van der Waals surface area contributed by atoms with Gasteiger partial charge in [-0.3, -0.25) is 4.79 Å². The molecule has 5 heteroatoms. The minimum atomic E-state index is 0.114. The van der Waals surface area contributed by atoms with Crippen LogP contribution in [0.3, 0.4) is 0 Å². The van der Waals surface area contributed by atoms with Gasteiger partial charge < -0.3 is 16.4 Å². The molecule has 1 unspecified atom stereocenters. The summed E-state index contributed by atoms with van der Waals surface area (Å²) in [6.45, 7) is 2.58. The van der Waals surface area contributed by atoms with Crippen molar-refractivity contribution in [1.82, 2.24) is 10.3 Å². The number of hydrogen-bond acceptors (Lipinski definition) is 4. The van der Waals surface area contributed by atoms with Crippen molar-refractivity contribution in [3.8, 4) is 0 Å². The number of nitrogens with one attached hydrogen (secondary N) is 2. The van der Waals surface area contributed by atoms with E-state index in [0.29, 0.717) is 24.5 Å². The van der Waals surface area contributed by atoms with E-state index in [9.17, 15) is 4.79 Å². The third kappa shape index (κ3) is 2.24. The highest BCUT2D eigenvalue weighted by Gasteiger charge is 2.18. The number of carbonyl (C=O) groups excluding carboxylic acids is 1. The highest BCUT2D eigenvalue weighted by Crippen LogP contribution is 2.20. The van der Waals surface area contributed by atoms with Gasteiger partial charge in [0.1, 0.15) is 5.82 Å². The maximum absolute atomic E-state index is 11.0. The van der Waals surface area contributed by atoms with Gasteiger partial charge in [0, 0.05) is 25.2 Å². The lowest BCUT2D eigenvalue weighted by molar-refractivity contribution is -0.122. The molecule has 0 bridgehead atoms. The minimum Gasteiger partial charge on any atom is -0.396 e. The molecule has 1 saturated heterocycles. The Balaban J connectivity index is 2.04. The summed E-state index contributed by atoms with van der Waals surface area (Å²) in [6, 6.07) is 2.10. The lowest BCUT2D eigenvalue weighted by atomic mass is 10.1. The zero-order chi connectivity index (χ0) is 11.5. The van der Waals surface area contributed by atoms with Crippen LogP contribution in [0.15, 0.2) is 12.3 Å². The predicted octanol–water partition coefficient (Wildman–Crippen LogP) is 0.663. The molecule has 0 aromatic carbocycles. The van der Waals surface area contributed by atoms with Crippen LogP contribution < -0.4 is 16.4 Å². The number of aryl methyl sites for hydroxylation is 1. The molecule has 1 amide bonds.